The second kappa shape index (κ2) is 9.86. The van der Waals surface area contributed by atoms with Crippen LogP contribution in [0.25, 0.3) is 0 Å². The number of hydrogen-bond donors (Lipinski definition) is 2. The van der Waals surface area contributed by atoms with Crippen molar-refractivity contribution in [2.45, 2.75) is 13.1 Å². The van der Waals surface area contributed by atoms with Gasteiger partial charge >= 0.3 is 0 Å². The lowest BCUT2D eigenvalue weighted by Gasteiger charge is -2.13. The summed E-state index contributed by atoms with van der Waals surface area (Å²) in [6.45, 7) is 0.834. The summed E-state index contributed by atoms with van der Waals surface area (Å²) < 4.78 is 33.9. The van der Waals surface area contributed by atoms with Crippen molar-refractivity contribution in [2.24, 2.45) is 0 Å². The minimum Gasteiger partial charge on any atom is -0.494 e. The molecule has 0 radical (unpaired) electrons. The summed E-state index contributed by atoms with van der Waals surface area (Å²) in [5, 5.41) is 5.57. The number of nitrogens with one attached hydrogen (secondary N) is 2. The minimum absolute atomic E-state index is 0.0200. The number of methoxy groups -OCH3 is 1. The minimum atomic E-state index is -0.976. The Kier molecular flexibility index (Phi) is 6.53. The van der Waals surface area contributed by atoms with Crippen LogP contribution in [0.15, 0.2) is 67.1 Å². The van der Waals surface area contributed by atoms with Crippen molar-refractivity contribution in [3.63, 3.8) is 0 Å². The number of ether oxygens (including phenoxy) is 1. The molecule has 33 heavy (non-hydrogen) atoms. The van der Waals surface area contributed by atoms with Gasteiger partial charge in [0.25, 0.3) is 5.91 Å². The van der Waals surface area contributed by atoms with Crippen LogP contribution in [0.3, 0.4) is 0 Å². The third-order valence-electron chi connectivity index (χ3n) is 4.75. The van der Waals surface area contributed by atoms with Crippen LogP contribution in [-0.2, 0) is 13.1 Å². The Morgan fingerprint density at radius 2 is 1.82 bits per heavy atom. The summed E-state index contributed by atoms with van der Waals surface area (Å²) >= 11 is 0. The molecule has 2 N–H and O–H groups in total. The molecule has 0 aliphatic carbocycles. The number of hydrogen-bond acceptors (Lipinski definition) is 6. The Balaban J connectivity index is 1.48. The molecule has 0 aliphatic rings. The molecule has 0 saturated heterocycles. The highest BCUT2D eigenvalue weighted by atomic mass is 19.1. The highest BCUT2D eigenvalue weighted by Crippen LogP contribution is 2.22. The highest BCUT2D eigenvalue weighted by Gasteiger charge is 2.16. The normalized spacial score (nSPS) is 10.6. The van der Waals surface area contributed by atoms with E-state index in [0.29, 0.717) is 6.54 Å². The maximum atomic E-state index is 13.4. The van der Waals surface area contributed by atoms with Crippen LogP contribution >= 0.6 is 0 Å². The first-order chi connectivity index (χ1) is 16.0. The Labute approximate surface area is 188 Å². The molecular weight excluding hydrogens is 430 g/mol. The second-order valence-electron chi connectivity index (χ2n) is 7.05. The third-order valence-corrected chi connectivity index (χ3v) is 4.75. The van der Waals surface area contributed by atoms with Gasteiger partial charge in [-0.25, -0.2) is 9.97 Å². The molecule has 1 amide bonds. The summed E-state index contributed by atoms with van der Waals surface area (Å²) in [6, 6.07) is 15.0. The highest BCUT2D eigenvalue weighted by molar-refractivity contribution is 5.95. The van der Waals surface area contributed by atoms with Crippen molar-refractivity contribution in [1.82, 2.24) is 24.8 Å². The van der Waals surface area contributed by atoms with Crippen molar-refractivity contribution >= 4 is 17.4 Å². The maximum absolute atomic E-state index is 13.4. The van der Waals surface area contributed by atoms with Gasteiger partial charge in [-0.1, -0.05) is 30.3 Å². The van der Waals surface area contributed by atoms with Crippen LogP contribution in [0, 0.1) is 11.9 Å². The van der Waals surface area contributed by atoms with Crippen molar-refractivity contribution < 1.29 is 18.3 Å². The summed E-state index contributed by atoms with van der Waals surface area (Å²) in [4.78, 5) is 24.3. The van der Waals surface area contributed by atoms with Crippen molar-refractivity contribution in [3.05, 3.63) is 96.0 Å². The van der Waals surface area contributed by atoms with E-state index in [1.165, 1.54) is 19.2 Å². The topological polar surface area (TPSA) is 94.0 Å². The lowest BCUT2D eigenvalue weighted by molar-refractivity contribution is 0.0942. The summed E-state index contributed by atoms with van der Waals surface area (Å²) in [7, 11) is 1.42. The molecule has 4 aromatic rings. The fourth-order valence-electron chi connectivity index (χ4n) is 3.20. The number of nitrogens with zero attached hydrogens (tertiary/aromatic N) is 4. The van der Waals surface area contributed by atoms with Crippen molar-refractivity contribution in [1.29, 1.82) is 0 Å². The van der Waals surface area contributed by atoms with Crippen LogP contribution < -0.4 is 15.4 Å². The summed E-state index contributed by atoms with van der Waals surface area (Å²) in [5.41, 5.74) is 2.04. The molecule has 0 fully saturated rings. The van der Waals surface area contributed by atoms with E-state index in [-0.39, 0.29) is 29.5 Å². The average Bonchev–Trinajstić information content (AvgIpc) is 3.24. The van der Waals surface area contributed by atoms with E-state index in [4.69, 9.17) is 4.74 Å². The van der Waals surface area contributed by atoms with E-state index >= 15 is 0 Å². The van der Waals surface area contributed by atoms with Gasteiger partial charge in [-0.05, 0) is 17.7 Å². The smallest absolute Gasteiger partial charge is 0.274 e. The number of anilines is 2. The van der Waals surface area contributed by atoms with Gasteiger partial charge in [0.2, 0.25) is 11.9 Å². The molecule has 4 rings (SSSR count). The number of carbonyl (C=O) groups excluding carboxylic acids is 1. The lowest BCUT2D eigenvalue weighted by Crippen LogP contribution is -2.26. The molecule has 3 aromatic heterocycles. The number of rotatable bonds is 8. The summed E-state index contributed by atoms with van der Waals surface area (Å²) in [6.07, 6.45) is 3.38. The average molecular weight is 450 g/mol. The second-order valence-corrected chi connectivity index (χ2v) is 7.05. The summed E-state index contributed by atoms with van der Waals surface area (Å²) in [5.74, 6) is -1.97. The van der Waals surface area contributed by atoms with Gasteiger partial charge in [0.1, 0.15) is 11.6 Å². The zero-order valence-electron chi connectivity index (χ0n) is 17.6. The van der Waals surface area contributed by atoms with Gasteiger partial charge < -0.3 is 19.9 Å². The van der Waals surface area contributed by atoms with Crippen LogP contribution in [0.2, 0.25) is 0 Å². The largest absolute Gasteiger partial charge is 0.494 e. The van der Waals surface area contributed by atoms with E-state index < -0.39 is 17.8 Å². The molecule has 8 nitrogen and oxygen atoms in total. The Morgan fingerprint density at radius 1 is 1.06 bits per heavy atom. The van der Waals surface area contributed by atoms with Gasteiger partial charge in [-0.15, -0.1) is 0 Å². The van der Waals surface area contributed by atoms with Gasteiger partial charge in [-0.3, -0.25) is 4.79 Å². The number of carbonyl (C=O) groups is 1. The van der Waals surface area contributed by atoms with Crippen LogP contribution in [0.4, 0.5) is 20.3 Å². The number of benzene rings is 1. The molecular formula is C23H20F2N6O2. The molecule has 10 heteroatoms. The third kappa shape index (κ3) is 5.48. The molecule has 3 heterocycles. The standard InChI is InChI=1S/C23H20F2N6O2/c1-33-18-7-8-21(28-16-9-19(24)29-20(25)10-16)30-22(18)23(32)27-12-17-11-26-14-31(17)13-15-5-3-2-4-6-15/h2-11,14H,12-13H2,1H3,(H,27,32)(H,28,29,30). The first-order valence-corrected chi connectivity index (χ1v) is 9.98. The first-order valence-electron chi connectivity index (χ1n) is 9.98. The molecule has 0 saturated carbocycles. The number of halogens is 2. The van der Waals surface area contributed by atoms with Gasteiger partial charge in [-0.2, -0.15) is 13.8 Å². The molecule has 1 aromatic carbocycles. The Morgan fingerprint density at radius 3 is 2.55 bits per heavy atom. The molecule has 0 unspecified atom stereocenters. The van der Waals surface area contributed by atoms with Crippen LogP contribution in [0.5, 0.6) is 5.75 Å². The van der Waals surface area contributed by atoms with E-state index in [9.17, 15) is 13.6 Å². The molecule has 0 spiro atoms. The molecule has 168 valence electrons. The molecule has 0 atom stereocenters. The monoisotopic (exact) mass is 450 g/mol. The fourth-order valence-corrected chi connectivity index (χ4v) is 3.20. The van der Waals surface area contributed by atoms with E-state index in [2.05, 4.69) is 25.6 Å². The van der Waals surface area contributed by atoms with Crippen LogP contribution in [0.1, 0.15) is 21.7 Å². The number of pyridine rings is 2. The van der Waals surface area contributed by atoms with E-state index in [1.54, 1.807) is 12.5 Å². The number of amides is 1. The fraction of sp³-hybridized carbons (Fsp3) is 0.130. The van der Waals surface area contributed by atoms with Crippen molar-refractivity contribution in [3.8, 4) is 5.75 Å². The van der Waals surface area contributed by atoms with Crippen LogP contribution in [-0.4, -0.2) is 32.5 Å². The molecule has 0 bridgehead atoms. The quantitative estimate of drug-likeness (QED) is 0.398. The lowest BCUT2D eigenvalue weighted by atomic mass is 10.2. The number of aromatic nitrogens is 4. The predicted molar refractivity (Wildman–Crippen MR) is 117 cm³/mol. The van der Waals surface area contributed by atoms with E-state index in [0.717, 1.165) is 23.4 Å². The van der Waals surface area contributed by atoms with Crippen molar-refractivity contribution in [2.75, 3.05) is 12.4 Å². The van der Waals surface area contributed by atoms with Gasteiger partial charge in [0.15, 0.2) is 5.69 Å². The predicted octanol–water partition coefficient (Wildman–Crippen LogP) is 3.68. The zero-order chi connectivity index (χ0) is 23.2. The van der Waals surface area contributed by atoms with Gasteiger partial charge in [0, 0.05) is 30.6 Å². The Bertz CT molecular complexity index is 1240. The first kappa shape index (κ1) is 21.9. The Hall–Kier alpha value is -4.34. The zero-order valence-corrected chi connectivity index (χ0v) is 17.6. The van der Waals surface area contributed by atoms with E-state index in [1.807, 2.05) is 34.9 Å². The molecule has 0 aliphatic heterocycles. The number of imidazole rings is 1. The van der Waals surface area contributed by atoms with Gasteiger partial charge in [0.05, 0.1) is 25.7 Å². The maximum Gasteiger partial charge on any atom is 0.274 e. The SMILES string of the molecule is COc1ccc(Nc2cc(F)nc(F)c2)nc1C(=O)NCc1cncn1Cc1ccccc1.